The van der Waals surface area contributed by atoms with Crippen LogP contribution in [0.5, 0.6) is 11.5 Å². The van der Waals surface area contributed by atoms with Crippen LogP contribution in [0.15, 0.2) is 18.2 Å². The molecule has 20 heavy (non-hydrogen) atoms. The molecule has 1 aliphatic rings. The first-order valence-electron chi connectivity index (χ1n) is 6.70. The summed E-state index contributed by atoms with van der Waals surface area (Å²) in [7, 11) is 0. The second-order valence-corrected chi connectivity index (χ2v) is 4.90. The molecule has 2 rings (SSSR count). The molecule has 0 fully saturated rings. The van der Waals surface area contributed by atoms with Gasteiger partial charge in [0.15, 0.2) is 11.5 Å². The van der Waals surface area contributed by atoms with Gasteiger partial charge in [0.1, 0.15) is 0 Å². The number of hydrogen-bond acceptors (Lipinski definition) is 6. The second-order valence-electron chi connectivity index (χ2n) is 4.90. The molecule has 4 N–H and O–H groups in total. The van der Waals surface area contributed by atoms with Gasteiger partial charge in [-0.25, -0.2) is 0 Å². The Labute approximate surface area is 118 Å². The molecule has 6 nitrogen and oxygen atoms in total. The summed E-state index contributed by atoms with van der Waals surface area (Å²) >= 11 is 0. The minimum absolute atomic E-state index is 0.355. The Balaban J connectivity index is 2.13. The maximum absolute atomic E-state index is 9.30. The quantitative estimate of drug-likeness (QED) is 0.571. The Morgan fingerprint density at radius 2 is 1.75 bits per heavy atom. The van der Waals surface area contributed by atoms with E-state index in [1.807, 2.05) is 18.2 Å². The van der Waals surface area contributed by atoms with Crippen molar-refractivity contribution >= 4 is 0 Å². The number of hydrogen-bond donors (Lipinski definition) is 4. The Kier molecular flexibility index (Phi) is 5.19. The van der Waals surface area contributed by atoms with Gasteiger partial charge in [-0.05, 0) is 6.07 Å². The third-order valence-electron chi connectivity index (χ3n) is 3.41. The van der Waals surface area contributed by atoms with E-state index >= 15 is 0 Å². The van der Waals surface area contributed by atoms with Gasteiger partial charge in [-0.15, -0.1) is 0 Å². The zero-order valence-corrected chi connectivity index (χ0v) is 11.3. The molecule has 1 aromatic carbocycles. The van der Waals surface area contributed by atoms with Crippen LogP contribution in [0.2, 0.25) is 0 Å². The van der Waals surface area contributed by atoms with Gasteiger partial charge in [0, 0.05) is 18.5 Å². The summed E-state index contributed by atoms with van der Waals surface area (Å²) in [6.07, 6.45) is 0.829. The van der Waals surface area contributed by atoms with Crippen molar-refractivity contribution in [2.45, 2.75) is 18.5 Å². The lowest BCUT2D eigenvalue weighted by Crippen LogP contribution is -2.54. The molecule has 1 heterocycles. The van der Waals surface area contributed by atoms with E-state index in [4.69, 9.17) is 9.47 Å². The first kappa shape index (κ1) is 15.1. The molecule has 6 heteroatoms. The number of rotatable bonds is 6. The van der Waals surface area contributed by atoms with Crippen LogP contribution in [-0.2, 0) is 6.54 Å². The summed E-state index contributed by atoms with van der Waals surface area (Å²) < 4.78 is 11.3. The highest BCUT2D eigenvalue weighted by Crippen LogP contribution is 2.33. The molecule has 1 aromatic rings. The molecule has 0 radical (unpaired) electrons. The zero-order valence-electron chi connectivity index (χ0n) is 11.3. The fourth-order valence-corrected chi connectivity index (χ4v) is 1.99. The molecule has 0 amide bonds. The lowest BCUT2D eigenvalue weighted by atomic mass is 10.0. The van der Waals surface area contributed by atoms with Gasteiger partial charge in [0.25, 0.3) is 0 Å². The second kappa shape index (κ2) is 6.90. The van der Waals surface area contributed by atoms with E-state index in [2.05, 4.69) is 5.32 Å². The standard InChI is InChI=1S/C14H21NO5/c16-8-14(9-17,10-18)15-7-11-3-1-4-12-13(11)20-6-2-5-19-12/h1,3-4,15-18H,2,5-10H2. The third kappa shape index (κ3) is 3.21. The fourth-order valence-electron chi connectivity index (χ4n) is 1.99. The number of benzene rings is 1. The SMILES string of the molecule is OCC(CO)(CO)NCc1cccc2c1OCCCO2. The van der Waals surface area contributed by atoms with Crippen molar-refractivity contribution in [3.05, 3.63) is 23.8 Å². The van der Waals surface area contributed by atoms with Crippen LogP contribution in [-0.4, -0.2) is 53.9 Å². The van der Waals surface area contributed by atoms with E-state index in [-0.39, 0.29) is 19.8 Å². The number of aliphatic hydroxyl groups is 3. The molecule has 0 bridgehead atoms. The van der Waals surface area contributed by atoms with Crippen molar-refractivity contribution in [3.63, 3.8) is 0 Å². The first-order chi connectivity index (χ1) is 9.74. The van der Waals surface area contributed by atoms with Crippen molar-refractivity contribution < 1.29 is 24.8 Å². The van der Waals surface area contributed by atoms with E-state index in [0.29, 0.717) is 31.3 Å². The number of aliphatic hydroxyl groups excluding tert-OH is 3. The average Bonchev–Trinajstić information content (AvgIpc) is 2.75. The summed E-state index contributed by atoms with van der Waals surface area (Å²) in [5.41, 5.74) is -0.238. The average molecular weight is 283 g/mol. The van der Waals surface area contributed by atoms with E-state index in [9.17, 15) is 15.3 Å². The Morgan fingerprint density at radius 3 is 2.45 bits per heavy atom. The zero-order chi connectivity index (χ0) is 14.4. The van der Waals surface area contributed by atoms with Gasteiger partial charge in [-0.3, -0.25) is 0 Å². The molecule has 0 saturated heterocycles. The summed E-state index contributed by atoms with van der Waals surface area (Å²) in [6, 6.07) is 5.60. The molecule has 0 aromatic heterocycles. The van der Waals surface area contributed by atoms with E-state index in [1.165, 1.54) is 0 Å². The smallest absolute Gasteiger partial charge is 0.165 e. The Morgan fingerprint density at radius 1 is 1.05 bits per heavy atom. The highest BCUT2D eigenvalue weighted by molar-refractivity contribution is 5.47. The highest BCUT2D eigenvalue weighted by Gasteiger charge is 2.28. The van der Waals surface area contributed by atoms with Gasteiger partial charge in [0.05, 0.1) is 38.6 Å². The number of nitrogens with one attached hydrogen (secondary N) is 1. The summed E-state index contributed by atoms with van der Waals surface area (Å²) in [5.74, 6) is 1.38. The van der Waals surface area contributed by atoms with Gasteiger partial charge >= 0.3 is 0 Å². The molecule has 112 valence electrons. The van der Waals surface area contributed by atoms with Crippen molar-refractivity contribution in [3.8, 4) is 11.5 Å². The maximum atomic E-state index is 9.30. The summed E-state index contributed by atoms with van der Waals surface area (Å²) in [4.78, 5) is 0. The minimum Gasteiger partial charge on any atom is -0.490 e. The van der Waals surface area contributed by atoms with E-state index in [0.717, 1.165) is 12.0 Å². The molecule has 1 aliphatic heterocycles. The van der Waals surface area contributed by atoms with Crippen LogP contribution < -0.4 is 14.8 Å². The molecular weight excluding hydrogens is 262 g/mol. The van der Waals surface area contributed by atoms with Crippen LogP contribution in [0.25, 0.3) is 0 Å². The summed E-state index contributed by atoms with van der Waals surface area (Å²) in [5, 5.41) is 30.9. The first-order valence-corrected chi connectivity index (χ1v) is 6.70. The topological polar surface area (TPSA) is 91.2 Å². The largest absolute Gasteiger partial charge is 0.490 e. The van der Waals surface area contributed by atoms with Gasteiger partial charge < -0.3 is 30.1 Å². The van der Waals surface area contributed by atoms with Gasteiger partial charge in [-0.2, -0.15) is 0 Å². The lowest BCUT2D eigenvalue weighted by Gasteiger charge is -2.29. The molecule has 0 aliphatic carbocycles. The fraction of sp³-hybridized carbons (Fsp3) is 0.571. The maximum Gasteiger partial charge on any atom is 0.165 e. The third-order valence-corrected chi connectivity index (χ3v) is 3.41. The van der Waals surface area contributed by atoms with E-state index in [1.54, 1.807) is 0 Å². The number of fused-ring (bicyclic) bond motifs is 1. The van der Waals surface area contributed by atoms with Crippen molar-refractivity contribution in [1.82, 2.24) is 5.32 Å². The molecule has 0 atom stereocenters. The van der Waals surface area contributed by atoms with Crippen LogP contribution in [0.3, 0.4) is 0 Å². The van der Waals surface area contributed by atoms with Crippen molar-refractivity contribution in [2.75, 3.05) is 33.0 Å². The van der Waals surface area contributed by atoms with Gasteiger partial charge in [0.2, 0.25) is 0 Å². The van der Waals surface area contributed by atoms with Crippen LogP contribution in [0.4, 0.5) is 0 Å². The lowest BCUT2D eigenvalue weighted by molar-refractivity contribution is 0.0412. The molecule has 0 unspecified atom stereocenters. The van der Waals surface area contributed by atoms with Crippen LogP contribution in [0, 0.1) is 0 Å². The highest BCUT2D eigenvalue weighted by atomic mass is 16.5. The molecule has 0 saturated carbocycles. The minimum atomic E-state index is -1.10. The van der Waals surface area contributed by atoms with Crippen LogP contribution in [0.1, 0.15) is 12.0 Å². The predicted octanol–water partition coefficient (Wildman–Crippen LogP) is -0.347. The Bertz CT molecular complexity index is 425. The Hall–Kier alpha value is -1.34. The summed E-state index contributed by atoms with van der Waals surface area (Å²) in [6.45, 7) is 0.506. The predicted molar refractivity (Wildman–Crippen MR) is 72.9 cm³/mol. The number of ether oxygens (including phenoxy) is 2. The van der Waals surface area contributed by atoms with Gasteiger partial charge in [-0.1, -0.05) is 12.1 Å². The molecular formula is C14H21NO5. The van der Waals surface area contributed by atoms with Crippen molar-refractivity contribution in [2.24, 2.45) is 0 Å². The monoisotopic (exact) mass is 283 g/mol. The number of para-hydroxylation sites is 1. The van der Waals surface area contributed by atoms with E-state index < -0.39 is 5.54 Å². The normalized spacial score (nSPS) is 14.9. The molecule has 0 spiro atoms. The van der Waals surface area contributed by atoms with Crippen molar-refractivity contribution in [1.29, 1.82) is 0 Å². The van der Waals surface area contributed by atoms with Crippen LogP contribution >= 0.6 is 0 Å².